The number of sulfone groups is 2. The van der Waals surface area contributed by atoms with Crippen LogP contribution in [0.25, 0.3) is 33.4 Å². The van der Waals surface area contributed by atoms with E-state index in [2.05, 4.69) is 0 Å². The Kier molecular flexibility index (Phi) is 8.61. The predicted molar refractivity (Wildman–Crippen MR) is 188 cm³/mol. The second-order valence-electron chi connectivity index (χ2n) is 12.8. The number of rotatable bonds is 9. The average Bonchev–Trinajstić information content (AvgIpc) is 3.55. The van der Waals surface area contributed by atoms with Crippen molar-refractivity contribution in [2.75, 3.05) is 0 Å². The Balaban J connectivity index is 1.50. The molecule has 1 aliphatic carbocycles. The lowest BCUT2D eigenvalue weighted by atomic mass is 9.86. The molecule has 0 saturated heterocycles. The summed E-state index contributed by atoms with van der Waals surface area (Å²) in [5, 5.41) is 9.24. The number of hydrogen-bond acceptors (Lipinski definition) is 7. The average molecular weight is 801 g/mol. The van der Waals surface area contributed by atoms with Crippen LogP contribution in [-0.2, 0) is 24.5 Å². The van der Waals surface area contributed by atoms with Gasteiger partial charge in [-0.2, -0.15) is 26.3 Å². The van der Waals surface area contributed by atoms with Gasteiger partial charge in [0.25, 0.3) is 6.47 Å². The largest absolute Gasteiger partial charge is 0.478 e. The molecule has 3 aliphatic rings. The minimum absolute atomic E-state index is 0.0909. The van der Waals surface area contributed by atoms with Crippen molar-refractivity contribution in [1.29, 1.82) is 0 Å². The summed E-state index contributed by atoms with van der Waals surface area (Å²) in [4.78, 5) is 19.1. The van der Waals surface area contributed by atoms with Crippen LogP contribution in [0.2, 0.25) is 0 Å². The summed E-state index contributed by atoms with van der Waals surface area (Å²) < 4.78 is 158. The number of allylic oxidation sites excluding steroid dienone is 6. The van der Waals surface area contributed by atoms with E-state index in [4.69, 9.17) is 4.74 Å². The molecule has 0 spiro atoms. The molecular formula is C39H26F6O8S2. The van der Waals surface area contributed by atoms with Gasteiger partial charge < -0.3 is 9.84 Å². The third-order valence-electron chi connectivity index (χ3n) is 9.93. The van der Waals surface area contributed by atoms with Gasteiger partial charge in [-0.15, -0.1) is 0 Å². The second kappa shape index (κ2) is 12.5. The molecule has 0 bridgehead atoms. The monoisotopic (exact) mass is 800 g/mol. The van der Waals surface area contributed by atoms with Gasteiger partial charge in [-0.3, -0.25) is 4.79 Å². The first-order valence-electron chi connectivity index (χ1n) is 16.5. The van der Waals surface area contributed by atoms with E-state index < -0.39 is 109 Å². The number of halogens is 6. The maximum atomic E-state index is 16.3. The summed E-state index contributed by atoms with van der Waals surface area (Å²) in [6, 6.07) is 17.6. The Hall–Kier alpha value is -5.48. The van der Waals surface area contributed by atoms with Gasteiger partial charge in [0.2, 0.25) is 19.7 Å². The predicted octanol–water partition coefficient (Wildman–Crippen LogP) is 8.99. The van der Waals surface area contributed by atoms with Gasteiger partial charge in [0.1, 0.15) is 5.75 Å². The lowest BCUT2D eigenvalue weighted by Crippen LogP contribution is -2.49. The highest BCUT2D eigenvalue weighted by Gasteiger charge is 2.81. The number of carboxylic acids is 1. The summed E-state index contributed by atoms with van der Waals surface area (Å²) in [5.74, 6) is -18.7. The molecular weight excluding hydrogens is 775 g/mol. The molecule has 2 aliphatic heterocycles. The Morgan fingerprint density at radius 3 is 1.38 bits per heavy atom. The first-order valence-corrected chi connectivity index (χ1v) is 19.4. The van der Waals surface area contributed by atoms with Crippen LogP contribution in [-0.4, -0.2) is 52.2 Å². The van der Waals surface area contributed by atoms with Crippen molar-refractivity contribution >= 4 is 43.3 Å². The number of benzene rings is 4. The summed E-state index contributed by atoms with van der Waals surface area (Å²) in [5.41, 5.74) is -6.32. The van der Waals surface area contributed by atoms with Crippen molar-refractivity contribution in [3.8, 4) is 28.0 Å². The number of hydrogen-bond donors (Lipinski definition) is 1. The molecule has 0 unspecified atom stereocenters. The maximum Gasteiger partial charge on any atom is 0.380 e. The molecule has 0 saturated carbocycles. The molecule has 1 N–H and O–H groups in total. The number of alkyl halides is 6. The SMILES string of the molecule is CCC1=C(C2=C(C3=C(CC)S(=O)(=O)c4cc(-c5ccc(C(=O)O)cc5)ccc43)C(F)(F)C(F)(F)C2(F)F)c2ccc(-c3ccc(OC=O)cc3)cc2S1(=O)=O. The Bertz CT molecular complexity index is 2680. The summed E-state index contributed by atoms with van der Waals surface area (Å²) in [7, 11) is -9.56. The summed E-state index contributed by atoms with van der Waals surface area (Å²) >= 11 is 0. The number of ether oxygens (including phenoxy) is 1. The zero-order valence-electron chi connectivity index (χ0n) is 28.5. The van der Waals surface area contributed by atoms with Crippen molar-refractivity contribution in [2.24, 2.45) is 0 Å². The first-order chi connectivity index (χ1) is 25.8. The summed E-state index contributed by atoms with van der Waals surface area (Å²) in [6.07, 6.45) is -1.17. The minimum Gasteiger partial charge on any atom is -0.478 e. The molecule has 0 atom stereocenters. The maximum absolute atomic E-state index is 16.3. The van der Waals surface area contributed by atoms with Crippen LogP contribution >= 0.6 is 0 Å². The van der Waals surface area contributed by atoms with Crippen LogP contribution in [0.3, 0.4) is 0 Å². The van der Waals surface area contributed by atoms with E-state index in [1.54, 1.807) is 0 Å². The van der Waals surface area contributed by atoms with Crippen molar-refractivity contribution in [3.63, 3.8) is 0 Å². The second-order valence-corrected chi connectivity index (χ2v) is 16.7. The Morgan fingerprint density at radius 2 is 1.02 bits per heavy atom. The zero-order chi connectivity index (χ0) is 40.0. The number of carbonyl (C=O) groups is 2. The highest BCUT2D eigenvalue weighted by molar-refractivity contribution is 7.96. The summed E-state index contributed by atoms with van der Waals surface area (Å²) in [6.45, 7) is 2.64. The van der Waals surface area contributed by atoms with Crippen molar-refractivity contribution in [2.45, 2.75) is 54.2 Å². The molecule has 4 aromatic rings. The van der Waals surface area contributed by atoms with Crippen molar-refractivity contribution in [3.05, 3.63) is 123 Å². The smallest absolute Gasteiger partial charge is 0.380 e. The van der Waals surface area contributed by atoms with Gasteiger partial charge in [-0.25, -0.2) is 21.6 Å². The molecule has 2 heterocycles. The van der Waals surface area contributed by atoms with Crippen LogP contribution in [0.5, 0.6) is 5.75 Å². The van der Waals surface area contributed by atoms with Crippen molar-refractivity contribution < 1.29 is 62.6 Å². The fraction of sp³-hybridized carbons (Fsp3) is 0.179. The van der Waals surface area contributed by atoms with Crippen LogP contribution in [0.4, 0.5) is 26.3 Å². The topological polar surface area (TPSA) is 132 Å². The van der Waals surface area contributed by atoms with E-state index in [1.807, 2.05) is 0 Å². The van der Waals surface area contributed by atoms with Gasteiger partial charge in [-0.1, -0.05) is 62.4 Å². The van der Waals surface area contributed by atoms with E-state index in [1.165, 1.54) is 74.5 Å². The number of aromatic carboxylic acids is 1. The number of fused-ring (bicyclic) bond motifs is 2. The highest BCUT2D eigenvalue weighted by atomic mass is 32.2. The standard InChI is InChI=1S/C39H26F6O8S2/c1-3-28-32(26-15-11-23(17-30(26)54(28,49)50)20-5-7-22(8-6-20)36(47)48)34-35(38(42,43)39(44,45)37(34,40)41)33-27-16-12-24(18-31(27)55(51,52)29(33)4-2)21-9-13-25(14-10-21)53-19-46/h5-19H,3-4H2,1-2H3,(H,47,48). The molecule has 55 heavy (non-hydrogen) atoms. The number of carboxylic acid groups (broad SMARTS) is 1. The molecule has 16 heteroatoms. The lowest BCUT2D eigenvalue weighted by molar-refractivity contribution is -0.263. The lowest BCUT2D eigenvalue weighted by Gasteiger charge is -2.26. The van der Waals surface area contributed by atoms with Gasteiger partial charge in [-0.05, 0) is 71.5 Å². The Labute approximate surface area is 309 Å². The number of carbonyl (C=O) groups excluding carboxylic acids is 1. The fourth-order valence-corrected chi connectivity index (χ4v) is 11.1. The van der Waals surface area contributed by atoms with E-state index in [0.717, 1.165) is 24.3 Å². The van der Waals surface area contributed by atoms with E-state index in [9.17, 15) is 31.5 Å². The molecule has 7 rings (SSSR count). The normalized spacial score (nSPS) is 19.7. The zero-order valence-corrected chi connectivity index (χ0v) is 30.1. The van der Waals surface area contributed by atoms with E-state index in [0.29, 0.717) is 11.1 Å². The minimum atomic E-state index is -6.14. The molecule has 0 fully saturated rings. The van der Waals surface area contributed by atoms with E-state index in [-0.39, 0.29) is 28.9 Å². The first kappa shape index (κ1) is 37.8. The highest BCUT2D eigenvalue weighted by Crippen LogP contribution is 2.67. The molecule has 284 valence electrons. The van der Waals surface area contributed by atoms with Gasteiger partial charge >= 0.3 is 23.7 Å². The van der Waals surface area contributed by atoms with E-state index >= 15 is 26.3 Å². The van der Waals surface area contributed by atoms with Gasteiger partial charge in [0.05, 0.1) is 25.2 Å². The fourth-order valence-electron chi connectivity index (χ4n) is 7.35. The Morgan fingerprint density at radius 1 is 0.636 bits per heavy atom. The van der Waals surface area contributed by atoms with Crippen LogP contribution < -0.4 is 4.74 Å². The van der Waals surface area contributed by atoms with Crippen LogP contribution in [0.1, 0.15) is 48.2 Å². The van der Waals surface area contributed by atoms with Crippen molar-refractivity contribution in [1.82, 2.24) is 0 Å². The molecule has 0 radical (unpaired) electrons. The van der Waals surface area contributed by atoms with Crippen LogP contribution in [0.15, 0.2) is 116 Å². The van der Waals surface area contributed by atoms with Gasteiger partial charge in [0, 0.05) is 33.4 Å². The quantitative estimate of drug-likeness (QED) is 0.131. The van der Waals surface area contributed by atoms with Crippen LogP contribution in [0, 0.1) is 0 Å². The molecule has 0 aromatic heterocycles. The third kappa shape index (κ3) is 5.24. The molecule has 4 aromatic carbocycles. The third-order valence-corrected chi connectivity index (χ3v) is 14.1. The molecule has 0 amide bonds. The van der Waals surface area contributed by atoms with Gasteiger partial charge in [0.15, 0.2) is 0 Å². The molecule has 8 nitrogen and oxygen atoms in total.